The minimum absolute atomic E-state index is 0.00116. The van der Waals surface area contributed by atoms with Gasteiger partial charge in [0.1, 0.15) is 0 Å². The highest BCUT2D eigenvalue weighted by Crippen LogP contribution is 2.36. The topological polar surface area (TPSA) is 38.3 Å². The van der Waals surface area contributed by atoms with Crippen molar-refractivity contribution in [1.29, 1.82) is 0 Å². The first-order valence-electron chi connectivity index (χ1n) is 7.93. The summed E-state index contributed by atoms with van der Waals surface area (Å²) in [7, 11) is 0. The molecule has 1 amide bonds. The van der Waals surface area contributed by atoms with Gasteiger partial charge < -0.3 is 10.1 Å². The number of rotatable bonds is 4. The molecule has 1 saturated heterocycles. The molecule has 0 radical (unpaired) electrons. The van der Waals surface area contributed by atoms with Gasteiger partial charge in [0, 0.05) is 24.3 Å². The molecule has 2 fully saturated rings. The van der Waals surface area contributed by atoms with Gasteiger partial charge in [-0.1, -0.05) is 29.3 Å². The number of ether oxygens (including phenoxy) is 1. The van der Waals surface area contributed by atoms with Crippen molar-refractivity contribution in [1.82, 2.24) is 5.32 Å². The van der Waals surface area contributed by atoms with Gasteiger partial charge in [0.2, 0.25) is 5.91 Å². The number of benzene rings is 1. The number of amides is 1. The van der Waals surface area contributed by atoms with E-state index in [2.05, 4.69) is 12.2 Å². The number of hydrogen-bond donors (Lipinski definition) is 1. The molecule has 0 bridgehead atoms. The molecule has 4 heteroatoms. The van der Waals surface area contributed by atoms with E-state index >= 15 is 0 Å². The summed E-state index contributed by atoms with van der Waals surface area (Å²) in [5.41, 5.74) is 1.95. The summed E-state index contributed by atoms with van der Waals surface area (Å²) in [5.74, 6) is 0.619. The van der Waals surface area contributed by atoms with Crippen molar-refractivity contribution in [3.8, 4) is 0 Å². The standard InChI is InChI=1S/C18H22ClNO2/c1-13(14-2-3-14)12-17(21)20-18(8-10-22-11-9-18)15-4-6-16(19)7-5-15/h4-7,12,14H,2-3,8-11H2,1H3,(H,20,21). The molecule has 2 aliphatic rings. The Balaban J connectivity index is 1.81. The number of carbonyl (C=O) groups excluding carboxylic acids is 1. The van der Waals surface area contributed by atoms with Gasteiger partial charge in [-0.3, -0.25) is 4.79 Å². The first kappa shape index (κ1) is 15.6. The number of nitrogens with one attached hydrogen (secondary N) is 1. The van der Waals surface area contributed by atoms with Gasteiger partial charge in [0.15, 0.2) is 0 Å². The van der Waals surface area contributed by atoms with Gasteiger partial charge in [-0.05, 0) is 56.2 Å². The van der Waals surface area contributed by atoms with Gasteiger partial charge in [0.05, 0.1) is 5.54 Å². The maximum atomic E-state index is 12.4. The molecular weight excluding hydrogens is 298 g/mol. The summed E-state index contributed by atoms with van der Waals surface area (Å²) in [6, 6.07) is 7.77. The molecule has 1 saturated carbocycles. The monoisotopic (exact) mass is 319 g/mol. The second kappa shape index (κ2) is 6.43. The maximum absolute atomic E-state index is 12.4. The van der Waals surface area contributed by atoms with Crippen LogP contribution in [0.5, 0.6) is 0 Å². The van der Waals surface area contributed by atoms with E-state index in [1.807, 2.05) is 24.3 Å². The fraction of sp³-hybridized carbons (Fsp3) is 0.500. The predicted molar refractivity (Wildman–Crippen MR) is 87.8 cm³/mol. The van der Waals surface area contributed by atoms with Crippen LogP contribution in [0, 0.1) is 5.92 Å². The molecule has 0 aromatic heterocycles. The number of halogens is 1. The van der Waals surface area contributed by atoms with Gasteiger partial charge in [-0.25, -0.2) is 0 Å². The van der Waals surface area contributed by atoms with Gasteiger partial charge in [0.25, 0.3) is 0 Å². The minimum atomic E-state index is -0.347. The minimum Gasteiger partial charge on any atom is -0.381 e. The molecule has 3 nitrogen and oxygen atoms in total. The fourth-order valence-corrected chi connectivity index (χ4v) is 3.24. The maximum Gasteiger partial charge on any atom is 0.244 e. The molecule has 1 aliphatic heterocycles. The second-order valence-electron chi connectivity index (χ2n) is 6.35. The summed E-state index contributed by atoms with van der Waals surface area (Å²) in [4.78, 5) is 12.4. The third kappa shape index (κ3) is 3.53. The normalized spacial score (nSPS) is 21.5. The molecule has 3 rings (SSSR count). The van der Waals surface area contributed by atoms with E-state index in [0.717, 1.165) is 18.4 Å². The van der Waals surface area contributed by atoms with Crippen LogP contribution in [0.2, 0.25) is 5.02 Å². The van der Waals surface area contributed by atoms with Crippen LogP contribution in [0.25, 0.3) is 0 Å². The molecular formula is C18H22ClNO2. The Hall–Kier alpha value is -1.32. The lowest BCUT2D eigenvalue weighted by molar-refractivity contribution is -0.119. The van der Waals surface area contributed by atoms with Crippen molar-refractivity contribution in [3.05, 3.63) is 46.5 Å². The Morgan fingerprint density at radius 1 is 1.27 bits per heavy atom. The van der Waals surface area contributed by atoms with E-state index in [0.29, 0.717) is 24.2 Å². The molecule has 1 aromatic rings. The van der Waals surface area contributed by atoms with Crippen LogP contribution in [0.4, 0.5) is 0 Å². The quantitative estimate of drug-likeness (QED) is 0.857. The SMILES string of the molecule is CC(=CC(=O)NC1(c2ccc(Cl)cc2)CCOCC1)C1CC1. The molecule has 118 valence electrons. The summed E-state index contributed by atoms with van der Waals surface area (Å²) in [6.45, 7) is 3.37. The average Bonchev–Trinajstić information content (AvgIpc) is 3.33. The third-order valence-corrected chi connectivity index (χ3v) is 4.94. The Morgan fingerprint density at radius 2 is 1.91 bits per heavy atom. The van der Waals surface area contributed by atoms with Crippen molar-refractivity contribution in [3.63, 3.8) is 0 Å². The van der Waals surface area contributed by atoms with Crippen LogP contribution in [-0.2, 0) is 15.1 Å². The van der Waals surface area contributed by atoms with Crippen molar-refractivity contribution in [2.24, 2.45) is 5.92 Å². The van der Waals surface area contributed by atoms with Crippen molar-refractivity contribution in [2.45, 2.75) is 38.1 Å². The summed E-state index contributed by atoms with van der Waals surface area (Å²) in [6.07, 6.45) is 5.77. The van der Waals surface area contributed by atoms with Crippen LogP contribution in [0.3, 0.4) is 0 Å². The highest BCUT2D eigenvalue weighted by Gasteiger charge is 2.35. The molecule has 1 heterocycles. The van der Waals surface area contributed by atoms with Gasteiger partial charge in [-0.2, -0.15) is 0 Å². The molecule has 1 aliphatic carbocycles. The number of allylic oxidation sites excluding steroid dienone is 1. The van der Waals surface area contributed by atoms with Gasteiger partial charge in [-0.15, -0.1) is 0 Å². The van der Waals surface area contributed by atoms with Gasteiger partial charge >= 0.3 is 0 Å². The molecule has 0 spiro atoms. The van der Waals surface area contributed by atoms with Crippen molar-refractivity contribution >= 4 is 17.5 Å². The van der Waals surface area contributed by atoms with E-state index in [1.165, 1.54) is 18.4 Å². The smallest absolute Gasteiger partial charge is 0.244 e. The van der Waals surface area contributed by atoms with Crippen LogP contribution in [-0.4, -0.2) is 19.1 Å². The highest BCUT2D eigenvalue weighted by atomic mass is 35.5. The fourth-order valence-electron chi connectivity index (χ4n) is 3.11. The van der Waals surface area contributed by atoms with Crippen LogP contribution in [0.15, 0.2) is 35.9 Å². The average molecular weight is 320 g/mol. The molecule has 0 atom stereocenters. The second-order valence-corrected chi connectivity index (χ2v) is 6.79. The van der Waals surface area contributed by atoms with E-state index in [9.17, 15) is 4.79 Å². The highest BCUT2D eigenvalue weighted by molar-refractivity contribution is 6.30. The van der Waals surface area contributed by atoms with E-state index < -0.39 is 0 Å². The zero-order valence-electron chi connectivity index (χ0n) is 12.9. The zero-order valence-corrected chi connectivity index (χ0v) is 13.7. The Bertz CT molecular complexity index is 569. The summed E-state index contributed by atoms with van der Waals surface area (Å²) < 4.78 is 5.49. The van der Waals surface area contributed by atoms with E-state index in [4.69, 9.17) is 16.3 Å². The van der Waals surface area contributed by atoms with E-state index in [1.54, 1.807) is 6.08 Å². The third-order valence-electron chi connectivity index (χ3n) is 4.69. The Labute approximate surface area is 136 Å². The largest absolute Gasteiger partial charge is 0.381 e. The van der Waals surface area contributed by atoms with Crippen LogP contribution in [0.1, 0.15) is 38.2 Å². The molecule has 1 N–H and O–H groups in total. The van der Waals surface area contributed by atoms with Crippen molar-refractivity contribution < 1.29 is 9.53 Å². The van der Waals surface area contributed by atoms with Crippen LogP contribution >= 0.6 is 11.6 Å². The lowest BCUT2D eigenvalue weighted by Gasteiger charge is -2.38. The Kier molecular flexibility index (Phi) is 4.55. The molecule has 0 unspecified atom stereocenters. The first-order chi connectivity index (χ1) is 10.6. The van der Waals surface area contributed by atoms with Crippen LogP contribution < -0.4 is 5.32 Å². The lowest BCUT2D eigenvalue weighted by Crippen LogP contribution is -2.49. The lowest BCUT2D eigenvalue weighted by atomic mass is 9.82. The number of carbonyl (C=O) groups is 1. The molecule has 1 aromatic carbocycles. The summed E-state index contributed by atoms with van der Waals surface area (Å²) in [5, 5.41) is 3.95. The molecule has 22 heavy (non-hydrogen) atoms. The Morgan fingerprint density at radius 3 is 2.50 bits per heavy atom. The van der Waals surface area contributed by atoms with E-state index in [-0.39, 0.29) is 11.4 Å². The first-order valence-corrected chi connectivity index (χ1v) is 8.31. The van der Waals surface area contributed by atoms with Crippen molar-refractivity contribution in [2.75, 3.05) is 13.2 Å². The predicted octanol–water partition coefficient (Wildman–Crippen LogP) is 3.82. The number of hydrogen-bond acceptors (Lipinski definition) is 2. The zero-order chi connectivity index (χ0) is 15.6. The summed E-state index contributed by atoms with van der Waals surface area (Å²) >= 11 is 5.99.